The standard InChI is InChI=1S/C7H6N2/c1-2-3-4-7(5-8)6-9/h1,7H,3-4H2. The van der Waals surface area contributed by atoms with Gasteiger partial charge in [-0.15, -0.1) is 12.3 Å². The summed E-state index contributed by atoms with van der Waals surface area (Å²) in [6.07, 6.45) is 5.91. The van der Waals surface area contributed by atoms with Gasteiger partial charge in [-0.3, -0.25) is 0 Å². The van der Waals surface area contributed by atoms with Crippen molar-refractivity contribution in [3.05, 3.63) is 0 Å². The molecule has 0 aromatic carbocycles. The SMILES string of the molecule is C#CCCC(C#N)C#N. The van der Waals surface area contributed by atoms with Crippen LogP contribution in [0.25, 0.3) is 0 Å². The van der Waals surface area contributed by atoms with Gasteiger partial charge in [-0.25, -0.2) is 0 Å². The van der Waals surface area contributed by atoms with E-state index in [1.165, 1.54) is 0 Å². The molecule has 44 valence electrons. The van der Waals surface area contributed by atoms with E-state index in [1.807, 2.05) is 12.1 Å². The first-order valence-electron chi connectivity index (χ1n) is 2.58. The van der Waals surface area contributed by atoms with Crippen molar-refractivity contribution in [2.75, 3.05) is 0 Å². The van der Waals surface area contributed by atoms with Gasteiger partial charge in [0.05, 0.1) is 12.1 Å². The molecule has 0 bridgehead atoms. The van der Waals surface area contributed by atoms with E-state index >= 15 is 0 Å². The third-order valence-corrected chi connectivity index (χ3v) is 0.889. The Morgan fingerprint density at radius 2 is 1.89 bits per heavy atom. The third-order valence-electron chi connectivity index (χ3n) is 0.889. The fourth-order valence-electron chi connectivity index (χ4n) is 0.386. The highest BCUT2D eigenvalue weighted by atomic mass is 14.3. The lowest BCUT2D eigenvalue weighted by atomic mass is 10.1. The molecular formula is C7H6N2. The smallest absolute Gasteiger partial charge is 0.134 e. The van der Waals surface area contributed by atoms with Crippen LogP contribution in [0.2, 0.25) is 0 Å². The topological polar surface area (TPSA) is 47.6 Å². The molecule has 0 aliphatic heterocycles. The maximum absolute atomic E-state index is 8.21. The molecule has 9 heavy (non-hydrogen) atoms. The fourth-order valence-corrected chi connectivity index (χ4v) is 0.386. The van der Waals surface area contributed by atoms with E-state index in [-0.39, 0.29) is 0 Å². The van der Waals surface area contributed by atoms with Gasteiger partial charge in [0.15, 0.2) is 0 Å². The van der Waals surface area contributed by atoms with Gasteiger partial charge < -0.3 is 0 Å². The molecule has 0 saturated heterocycles. The van der Waals surface area contributed by atoms with Crippen molar-refractivity contribution in [2.45, 2.75) is 12.8 Å². The Morgan fingerprint density at radius 1 is 1.33 bits per heavy atom. The second-order valence-corrected chi connectivity index (χ2v) is 1.55. The fraction of sp³-hybridized carbons (Fsp3) is 0.429. The van der Waals surface area contributed by atoms with Crippen LogP contribution in [0.15, 0.2) is 0 Å². The summed E-state index contributed by atoms with van der Waals surface area (Å²) in [5.41, 5.74) is 0. The highest BCUT2D eigenvalue weighted by Gasteiger charge is 2.01. The minimum Gasteiger partial charge on any atom is -0.197 e. The Labute approximate surface area is 54.7 Å². The summed E-state index contributed by atoms with van der Waals surface area (Å²) in [6.45, 7) is 0. The van der Waals surface area contributed by atoms with Crippen LogP contribution in [-0.4, -0.2) is 0 Å². The average molecular weight is 118 g/mol. The van der Waals surface area contributed by atoms with Gasteiger partial charge in [0.1, 0.15) is 5.92 Å². The van der Waals surface area contributed by atoms with Crippen molar-refractivity contribution in [1.82, 2.24) is 0 Å². The van der Waals surface area contributed by atoms with Crippen molar-refractivity contribution < 1.29 is 0 Å². The summed E-state index contributed by atoms with van der Waals surface area (Å²) in [6, 6.07) is 3.66. The van der Waals surface area contributed by atoms with Crippen LogP contribution in [0.5, 0.6) is 0 Å². The molecular weight excluding hydrogens is 112 g/mol. The monoisotopic (exact) mass is 118 g/mol. The lowest BCUT2D eigenvalue weighted by Crippen LogP contribution is -1.90. The maximum Gasteiger partial charge on any atom is 0.134 e. The summed E-state index contributed by atoms with van der Waals surface area (Å²) in [7, 11) is 0. The Morgan fingerprint density at radius 3 is 2.22 bits per heavy atom. The van der Waals surface area contributed by atoms with E-state index in [9.17, 15) is 0 Å². The van der Waals surface area contributed by atoms with Crippen molar-refractivity contribution in [1.29, 1.82) is 10.5 Å². The highest BCUT2D eigenvalue weighted by molar-refractivity contribution is 5.00. The van der Waals surface area contributed by atoms with Crippen molar-refractivity contribution in [3.63, 3.8) is 0 Å². The van der Waals surface area contributed by atoms with Gasteiger partial charge in [0, 0.05) is 6.42 Å². The largest absolute Gasteiger partial charge is 0.197 e. The normalized spacial score (nSPS) is 7.33. The molecule has 2 nitrogen and oxygen atoms in total. The Hall–Kier alpha value is -1.46. The van der Waals surface area contributed by atoms with Crippen LogP contribution < -0.4 is 0 Å². The van der Waals surface area contributed by atoms with E-state index in [1.54, 1.807) is 0 Å². The summed E-state index contributed by atoms with van der Waals surface area (Å²) >= 11 is 0. The van der Waals surface area contributed by atoms with Crippen LogP contribution >= 0.6 is 0 Å². The molecule has 0 atom stereocenters. The molecule has 0 spiro atoms. The first kappa shape index (κ1) is 7.54. The molecule has 0 unspecified atom stereocenters. The minimum absolute atomic E-state index is 0.490. The number of hydrogen-bond donors (Lipinski definition) is 0. The second-order valence-electron chi connectivity index (χ2n) is 1.55. The number of rotatable bonds is 2. The van der Waals surface area contributed by atoms with Gasteiger partial charge in [-0.2, -0.15) is 10.5 Å². The molecule has 0 aliphatic carbocycles. The molecule has 0 saturated carbocycles. The summed E-state index contributed by atoms with van der Waals surface area (Å²) in [5.74, 6) is 1.84. The van der Waals surface area contributed by atoms with Crippen LogP contribution in [0.3, 0.4) is 0 Å². The van der Waals surface area contributed by atoms with Gasteiger partial charge in [-0.1, -0.05) is 0 Å². The van der Waals surface area contributed by atoms with E-state index in [4.69, 9.17) is 16.9 Å². The molecule has 0 amide bonds. The third kappa shape index (κ3) is 3.15. The van der Waals surface area contributed by atoms with Gasteiger partial charge in [0.2, 0.25) is 0 Å². The summed E-state index contributed by atoms with van der Waals surface area (Å²) in [5, 5.41) is 16.4. The first-order chi connectivity index (χ1) is 4.35. The first-order valence-corrected chi connectivity index (χ1v) is 2.58. The second kappa shape index (κ2) is 4.69. The maximum atomic E-state index is 8.21. The van der Waals surface area contributed by atoms with E-state index < -0.39 is 5.92 Å². The van der Waals surface area contributed by atoms with E-state index in [0.29, 0.717) is 12.8 Å². The van der Waals surface area contributed by atoms with Gasteiger partial charge in [-0.05, 0) is 6.42 Å². The molecule has 0 aliphatic rings. The zero-order chi connectivity index (χ0) is 7.11. The summed E-state index contributed by atoms with van der Waals surface area (Å²) < 4.78 is 0. The molecule has 0 N–H and O–H groups in total. The van der Waals surface area contributed by atoms with Crippen molar-refractivity contribution in [2.24, 2.45) is 5.92 Å². The summed E-state index contributed by atoms with van der Waals surface area (Å²) in [4.78, 5) is 0. The molecule has 0 aromatic heterocycles. The molecule has 0 radical (unpaired) electrons. The minimum atomic E-state index is -0.527. The number of terminal acetylenes is 1. The van der Waals surface area contributed by atoms with Crippen LogP contribution in [0.4, 0.5) is 0 Å². The number of nitrogens with zero attached hydrogens (tertiary/aromatic N) is 2. The quantitative estimate of drug-likeness (QED) is 0.509. The van der Waals surface area contributed by atoms with Crippen LogP contribution in [0.1, 0.15) is 12.8 Å². The van der Waals surface area contributed by atoms with Gasteiger partial charge >= 0.3 is 0 Å². The van der Waals surface area contributed by atoms with Gasteiger partial charge in [0.25, 0.3) is 0 Å². The lowest BCUT2D eigenvalue weighted by molar-refractivity contribution is 0.757. The van der Waals surface area contributed by atoms with Crippen molar-refractivity contribution in [3.8, 4) is 24.5 Å². The van der Waals surface area contributed by atoms with Crippen LogP contribution in [-0.2, 0) is 0 Å². The number of hydrogen-bond acceptors (Lipinski definition) is 2. The Kier molecular flexibility index (Phi) is 3.93. The molecule has 0 heterocycles. The molecule has 0 fully saturated rings. The molecule has 2 heteroatoms. The number of nitriles is 2. The zero-order valence-corrected chi connectivity index (χ0v) is 4.96. The van der Waals surface area contributed by atoms with E-state index in [0.717, 1.165) is 0 Å². The molecule has 0 aromatic rings. The van der Waals surface area contributed by atoms with Crippen molar-refractivity contribution >= 4 is 0 Å². The van der Waals surface area contributed by atoms with Crippen LogP contribution in [0, 0.1) is 40.9 Å². The molecule has 0 rings (SSSR count). The zero-order valence-electron chi connectivity index (χ0n) is 4.96. The highest BCUT2D eigenvalue weighted by Crippen LogP contribution is 2.01. The predicted octanol–water partition coefficient (Wildman–Crippen LogP) is 1.06. The lowest BCUT2D eigenvalue weighted by Gasteiger charge is -1.89. The predicted molar refractivity (Wildman–Crippen MR) is 32.8 cm³/mol. The average Bonchev–Trinajstić information content (AvgIpc) is 1.91. The Bertz CT molecular complexity index is 172. The Balaban J connectivity index is 3.54. The van der Waals surface area contributed by atoms with E-state index in [2.05, 4.69) is 5.92 Å².